The fourth-order valence-electron chi connectivity index (χ4n) is 3.65. The lowest BCUT2D eigenvalue weighted by atomic mass is 9.96. The second-order valence-electron chi connectivity index (χ2n) is 7.27. The van der Waals surface area contributed by atoms with Crippen LogP contribution in [-0.2, 0) is 11.3 Å². The summed E-state index contributed by atoms with van der Waals surface area (Å²) in [6.07, 6.45) is 0. The van der Waals surface area contributed by atoms with Crippen molar-refractivity contribution in [1.82, 2.24) is 10.1 Å². The van der Waals surface area contributed by atoms with E-state index < -0.39 is 17.3 Å². The Labute approximate surface area is 194 Å². The summed E-state index contributed by atoms with van der Waals surface area (Å²) < 4.78 is 35.9. The van der Waals surface area contributed by atoms with Gasteiger partial charge in [0.2, 0.25) is 5.82 Å². The van der Waals surface area contributed by atoms with E-state index in [1.807, 2.05) is 36.4 Å². The molecule has 0 amide bonds. The van der Waals surface area contributed by atoms with E-state index in [1.165, 1.54) is 6.07 Å². The number of benzene rings is 3. The first-order chi connectivity index (χ1) is 16.5. The molecule has 9 heteroatoms. The molecule has 0 spiro atoms. The number of carbonyl (C=O) groups is 1. The first-order valence-electron chi connectivity index (χ1n) is 10.2. The van der Waals surface area contributed by atoms with E-state index in [0.717, 1.165) is 28.8 Å². The Morgan fingerprint density at radius 2 is 1.79 bits per heavy atom. The summed E-state index contributed by atoms with van der Waals surface area (Å²) in [5, 5.41) is 12.9. The lowest BCUT2D eigenvalue weighted by molar-refractivity contribution is 0.0692. The molecule has 0 unspecified atom stereocenters. The first kappa shape index (κ1) is 22.9. The van der Waals surface area contributed by atoms with Gasteiger partial charge in [0.1, 0.15) is 5.82 Å². The molecule has 174 valence electrons. The SMILES string of the molecule is COCc1cc(-c2nc(-c3ccc(C(=O)O)c(F)c3)no2)ccc1-c1cccc(OC)c1OC. The summed E-state index contributed by atoms with van der Waals surface area (Å²) in [6, 6.07) is 14.8. The number of para-hydroxylation sites is 1. The van der Waals surface area contributed by atoms with E-state index in [9.17, 15) is 9.18 Å². The predicted octanol–water partition coefficient (Wildman–Crippen LogP) is 5.07. The van der Waals surface area contributed by atoms with Crippen LogP contribution < -0.4 is 9.47 Å². The minimum Gasteiger partial charge on any atom is -0.493 e. The number of aromatic carboxylic acids is 1. The molecule has 0 aliphatic heterocycles. The van der Waals surface area contributed by atoms with Gasteiger partial charge in [0.15, 0.2) is 11.5 Å². The molecule has 0 bridgehead atoms. The van der Waals surface area contributed by atoms with Crippen molar-refractivity contribution >= 4 is 5.97 Å². The highest BCUT2D eigenvalue weighted by molar-refractivity contribution is 5.88. The zero-order valence-electron chi connectivity index (χ0n) is 18.7. The van der Waals surface area contributed by atoms with Gasteiger partial charge >= 0.3 is 5.97 Å². The van der Waals surface area contributed by atoms with Crippen LogP contribution in [0.5, 0.6) is 11.5 Å². The highest BCUT2D eigenvalue weighted by Gasteiger charge is 2.18. The van der Waals surface area contributed by atoms with Gasteiger partial charge in [-0.05, 0) is 47.5 Å². The smallest absolute Gasteiger partial charge is 0.338 e. The van der Waals surface area contributed by atoms with E-state index in [2.05, 4.69) is 10.1 Å². The Bertz CT molecular complexity index is 1350. The van der Waals surface area contributed by atoms with Crippen molar-refractivity contribution in [1.29, 1.82) is 0 Å². The summed E-state index contributed by atoms with van der Waals surface area (Å²) in [6.45, 7) is 0.312. The number of halogens is 1. The van der Waals surface area contributed by atoms with Crippen LogP contribution in [0.15, 0.2) is 59.1 Å². The lowest BCUT2D eigenvalue weighted by Gasteiger charge is -2.16. The maximum absolute atomic E-state index is 14.1. The molecule has 0 saturated heterocycles. The molecule has 4 rings (SSSR count). The van der Waals surface area contributed by atoms with Crippen LogP contribution in [-0.4, -0.2) is 42.5 Å². The van der Waals surface area contributed by atoms with Crippen molar-refractivity contribution in [3.8, 4) is 45.5 Å². The third kappa shape index (κ3) is 4.33. The monoisotopic (exact) mass is 464 g/mol. The Hall–Kier alpha value is -4.24. The third-order valence-corrected chi connectivity index (χ3v) is 5.23. The van der Waals surface area contributed by atoms with Crippen LogP contribution in [0.1, 0.15) is 15.9 Å². The van der Waals surface area contributed by atoms with Gasteiger partial charge in [-0.3, -0.25) is 0 Å². The molecular formula is C25H21FN2O6. The Kier molecular flexibility index (Phi) is 6.55. The first-order valence-corrected chi connectivity index (χ1v) is 10.2. The number of hydrogen-bond donors (Lipinski definition) is 1. The molecule has 8 nitrogen and oxygen atoms in total. The van der Waals surface area contributed by atoms with E-state index in [4.69, 9.17) is 23.8 Å². The van der Waals surface area contributed by atoms with Crippen LogP contribution in [0.3, 0.4) is 0 Å². The van der Waals surface area contributed by atoms with Gasteiger partial charge in [0.05, 0.1) is 26.4 Å². The molecular weight excluding hydrogens is 443 g/mol. The number of carboxylic acid groups (broad SMARTS) is 1. The van der Waals surface area contributed by atoms with Crippen molar-refractivity contribution in [2.45, 2.75) is 6.61 Å². The van der Waals surface area contributed by atoms with Gasteiger partial charge in [-0.25, -0.2) is 9.18 Å². The van der Waals surface area contributed by atoms with Crippen LogP contribution in [0.2, 0.25) is 0 Å². The molecule has 1 N–H and O–H groups in total. The molecule has 1 aromatic heterocycles. The summed E-state index contributed by atoms with van der Waals surface area (Å²) in [4.78, 5) is 15.4. The normalized spacial score (nSPS) is 10.8. The Morgan fingerprint density at radius 3 is 2.47 bits per heavy atom. The van der Waals surface area contributed by atoms with Gasteiger partial charge in [-0.2, -0.15) is 4.98 Å². The summed E-state index contributed by atoms with van der Waals surface area (Å²) in [5.74, 6) is -0.666. The Morgan fingerprint density at radius 1 is 1.00 bits per heavy atom. The maximum Gasteiger partial charge on any atom is 0.338 e. The van der Waals surface area contributed by atoms with Gasteiger partial charge in [-0.15, -0.1) is 0 Å². The van der Waals surface area contributed by atoms with E-state index in [-0.39, 0.29) is 11.7 Å². The van der Waals surface area contributed by atoms with Crippen molar-refractivity contribution in [3.05, 3.63) is 71.5 Å². The average molecular weight is 464 g/mol. The molecule has 3 aromatic carbocycles. The molecule has 0 saturated carbocycles. The quantitative estimate of drug-likeness (QED) is 0.385. The minimum absolute atomic E-state index is 0.137. The molecule has 0 fully saturated rings. The average Bonchev–Trinajstić information content (AvgIpc) is 3.34. The van der Waals surface area contributed by atoms with Crippen molar-refractivity contribution in [2.24, 2.45) is 0 Å². The highest BCUT2D eigenvalue weighted by Crippen LogP contribution is 2.40. The molecule has 0 atom stereocenters. The number of carboxylic acids is 1. The highest BCUT2D eigenvalue weighted by atomic mass is 19.1. The van der Waals surface area contributed by atoms with E-state index in [0.29, 0.717) is 29.2 Å². The fourth-order valence-corrected chi connectivity index (χ4v) is 3.65. The van der Waals surface area contributed by atoms with Crippen LogP contribution in [0.4, 0.5) is 4.39 Å². The minimum atomic E-state index is -1.35. The van der Waals surface area contributed by atoms with Crippen LogP contribution in [0.25, 0.3) is 34.0 Å². The molecule has 34 heavy (non-hydrogen) atoms. The van der Waals surface area contributed by atoms with Gasteiger partial charge in [-0.1, -0.05) is 23.4 Å². The summed E-state index contributed by atoms with van der Waals surface area (Å²) in [7, 11) is 4.76. The summed E-state index contributed by atoms with van der Waals surface area (Å²) in [5.41, 5.74) is 3.07. The molecule has 1 heterocycles. The summed E-state index contributed by atoms with van der Waals surface area (Å²) >= 11 is 0. The topological polar surface area (TPSA) is 104 Å². The van der Waals surface area contributed by atoms with Gasteiger partial charge < -0.3 is 23.8 Å². The van der Waals surface area contributed by atoms with E-state index in [1.54, 1.807) is 21.3 Å². The van der Waals surface area contributed by atoms with Crippen LogP contribution >= 0.6 is 0 Å². The largest absolute Gasteiger partial charge is 0.493 e. The van der Waals surface area contributed by atoms with E-state index >= 15 is 0 Å². The molecule has 0 aliphatic carbocycles. The zero-order chi connectivity index (χ0) is 24.2. The fraction of sp³-hybridized carbons (Fsp3) is 0.160. The molecule has 0 aliphatic rings. The number of methoxy groups -OCH3 is 3. The number of hydrogen-bond acceptors (Lipinski definition) is 7. The number of rotatable bonds is 8. The molecule has 4 aromatic rings. The second kappa shape index (κ2) is 9.72. The molecule has 0 radical (unpaired) electrons. The van der Waals surface area contributed by atoms with Gasteiger partial charge in [0, 0.05) is 23.8 Å². The predicted molar refractivity (Wildman–Crippen MR) is 121 cm³/mol. The van der Waals surface area contributed by atoms with Crippen molar-refractivity contribution < 1.29 is 33.0 Å². The third-order valence-electron chi connectivity index (χ3n) is 5.23. The number of nitrogens with zero attached hydrogens (tertiary/aromatic N) is 2. The number of ether oxygens (including phenoxy) is 3. The number of aromatic nitrogens is 2. The maximum atomic E-state index is 14.1. The zero-order valence-corrected chi connectivity index (χ0v) is 18.7. The van der Waals surface area contributed by atoms with Gasteiger partial charge in [0.25, 0.3) is 5.89 Å². The Balaban J connectivity index is 1.73. The van der Waals surface area contributed by atoms with Crippen molar-refractivity contribution in [2.75, 3.05) is 21.3 Å². The van der Waals surface area contributed by atoms with Crippen LogP contribution in [0, 0.1) is 5.82 Å². The second-order valence-corrected chi connectivity index (χ2v) is 7.27. The van der Waals surface area contributed by atoms with Crippen molar-refractivity contribution in [3.63, 3.8) is 0 Å². The standard InChI is InChI=1S/C25H21FN2O6/c1-31-13-16-11-15(8-9-17(16)18-5-4-6-21(32-2)22(18)33-3)24-27-23(28-34-24)14-7-10-19(25(29)30)20(26)12-14/h4-12H,13H2,1-3H3,(H,29,30). The lowest BCUT2D eigenvalue weighted by Crippen LogP contribution is -2.00.